The highest BCUT2D eigenvalue weighted by molar-refractivity contribution is 5.87. The van der Waals surface area contributed by atoms with Gasteiger partial charge >= 0.3 is 5.97 Å². The highest BCUT2D eigenvalue weighted by Crippen LogP contribution is 2.42. The summed E-state index contributed by atoms with van der Waals surface area (Å²) < 4.78 is 5.20. The van der Waals surface area contributed by atoms with Gasteiger partial charge in [0.1, 0.15) is 0 Å². The number of carbonyl (C=O) groups excluding carboxylic acids is 1. The molecule has 0 unspecified atom stereocenters. The number of carboxylic acid groups (broad SMARTS) is 1. The molecule has 21 heavy (non-hydrogen) atoms. The molecule has 0 atom stereocenters. The molecule has 1 aromatic rings. The van der Waals surface area contributed by atoms with Crippen LogP contribution in [0.1, 0.15) is 35.2 Å². The van der Waals surface area contributed by atoms with Crippen LogP contribution in [0.25, 0.3) is 0 Å². The van der Waals surface area contributed by atoms with E-state index in [1.165, 1.54) is 0 Å². The van der Waals surface area contributed by atoms with Gasteiger partial charge in [0, 0.05) is 20.7 Å². The summed E-state index contributed by atoms with van der Waals surface area (Å²) in [6.07, 6.45) is 2.82. The van der Waals surface area contributed by atoms with Gasteiger partial charge in [-0.25, -0.2) is 4.79 Å². The van der Waals surface area contributed by atoms with Crippen LogP contribution in [0.4, 0.5) is 0 Å². The first kappa shape index (κ1) is 15.5. The van der Waals surface area contributed by atoms with E-state index in [4.69, 9.17) is 9.84 Å². The smallest absolute Gasteiger partial charge is 0.335 e. The third kappa shape index (κ3) is 3.24. The summed E-state index contributed by atoms with van der Waals surface area (Å²) in [4.78, 5) is 25.1. The molecule has 5 heteroatoms. The first-order valence-electron chi connectivity index (χ1n) is 7.05. The van der Waals surface area contributed by atoms with Gasteiger partial charge < -0.3 is 14.7 Å². The van der Waals surface area contributed by atoms with Crippen LogP contribution in [-0.4, -0.2) is 42.6 Å². The SMILES string of the molecule is COCC1(C(=O)N(C)Cc2ccc(C(=O)O)cc2)CCC1. The van der Waals surface area contributed by atoms with Gasteiger partial charge in [-0.15, -0.1) is 0 Å². The van der Waals surface area contributed by atoms with E-state index < -0.39 is 5.97 Å². The predicted molar refractivity (Wildman–Crippen MR) is 78.0 cm³/mol. The lowest BCUT2D eigenvalue weighted by atomic mass is 9.68. The average Bonchev–Trinajstić information content (AvgIpc) is 2.42. The maximum atomic E-state index is 12.6. The van der Waals surface area contributed by atoms with Gasteiger partial charge in [0.2, 0.25) is 5.91 Å². The zero-order chi connectivity index (χ0) is 15.5. The van der Waals surface area contributed by atoms with Crippen molar-refractivity contribution >= 4 is 11.9 Å². The topological polar surface area (TPSA) is 66.8 Å². The summed E-state index contributed by atoms with van der Waals surface area (Å²) in [6.45, 7) is 0.943. The van der Waals surface area contributed by atoms with Crippen molar-refractivity contribution in [1.82, 2.24) is 4.90 Å². The van der Waals surface area contributed by atoms with Gasteiger partial charge in [-0.1, -0.05) is 18.6 Å². The van der Waals surface area contributed by atoms with E-state index >= 15 is 0 Å². The molecule has 1 N–H and O–H groups in total. The first-order chi connectivity index (χ1) is 9.98. The number of amides is 1. The molecule has 0 saturated heterocycles. The molecule has 1 aromatic carbocycles. The van der Waals surface area contributed by atoms with Crippen LogP contribution < -0.4 is 0 Å². The van der Waals surface area contributed by atoms with E-state index in [1.807, 2.05) is 0 Å². The Bertz CT molecular complexity index is 520. The summed E-state index contributed by atoms with van der Waals surface area (Å²) in [5, 5.41) is 8.87. The van der Waals surface area contributed by atoms with Crippen LogP contribution in [0, 0.1) is 5.41 Å². The van der Waals surface area contributed by atoms with Crippen molar-refractivity contribution in [1.29, 1.82) is 0 Å². The Kier molecular flexibility index (Phi) is 4.63. The second-order valence-corrected chi connectivity index (χ2v) is 5.73. The highest BCUT2D eigenvalue weighted by atomic mass is 16.5. The van der Waals surface area contributed by atoms with Gasteiger partial charge in [0.15, 0.2) is 0 Å². The number of rotatable bonds is 6. The molecule has 1 amide bonds. The molecule has 1 fully saturated rings. The van der Waals surface area contributed by atoms with Crippen LogP contribution in [0.5, 0.6) is 0 Å². The Hall–Kier alpha value is -1.88. The van der Waals surface area contributed by atoms with Gasteiger partial charge in [-0.05, 0) is 30.5 Å². The number of benzene rings is 1. The van der Waals surface area contributed by atoms with Gasteiger partial charge in [0.25, 0.3) is 0 Å². The fraction of sp³-hybridized carbons (Fsp3) is 0.500. The van der Waals surface area contributed by atoms with Gasteiger partial charge in [-0.2, -0.15) is 0 Å². The van der Waals surface area contributed by atoms with Crippen LogP contribution in [0.15, 0.2) is 24.3 Å². The molecule has 1 aliphatic carbocycles. The van der Waals surface area contributed by atoms with Gasteiger partial charge in [0.05, 0.1) is 17.6 Å². The van der Waals surface area contributed by atoms with E-state index in [9.17, 15) is 9.59 Å². The Morgan fingerprint density at radius 3 is 2.33 bits per heavy atom. The average molecular weight is 291 g/mol. The van der Waals surface area contributed by atoms with Crippen molar-refractivity contribution in [2.75, 3.05) is 20.8 Å². The number of carbonyl (C=O) groups is 2. The number of hydrogen-bond acceptors (Lipinski definition) is 3. The Morgan fingerprint density at radius 1 is 1.29 bits per heavy atom. The van der Waals surface area contributed by atoms with E-state index in [0.29, 0.717) is 13.2 Å². The molecule has 0 bridgehead atoms. The van der Waals surface area contributed by atoms with Crippen molar-refractivity contribution in [3.63, 3.8) is 0 Å². The molecule has 0 spiro atoms. The Labute approximate surface area is 124 Å². The largest absolute Gasteiger partial charge is 0.478 e. The molecule has 0 aromatic heterocycles. The lowest BCUT2D eigenvalue weighted by Crippen LogP contribution is -2.48. The summed E-state index contributed by atoms with van der Waals surface area (Å²) in [6, 6.07) is 6.61. The monoisotopic (exact) mass is 291 g/mol. The lowest BCUT2D eigenvalue weighted by molar-refractivity contribution is -0.151. The van der Waals surface area contributed by atoms with Crippen molar-refractivity contribution in [2.24, 2.45) is 5.41 Å². The maximum Gasteiger partial charge on any atom is 0.335 e. The van der Waals surface area contributed by atoms with Crippen molar-refractivity contribution < 1.29 is 19.4 Å². The van der Waals surface area contributed by atoms with Crippen LogP contribution >= 0.6 is 0 Å². The van der Waals surface area contributed by atoms with Crippen LogP contribution in [0.2, 0.25) is 0 Å². The minimum Gasteiger partial charge on any atom is -0.478 e. The molecule has 1 aliphatic rings. The minimum atomic E-state index is -0.945. The van der Waals surface area contributed by atoms with E-state index in [0.717, 1.165) is 24.8 Å². The molecule has 5 nitrogen and oxygen atoms in total. The molecule has 1 saturated carbocycles. The molecule has 0 heterocycles. The number of methoxy groups -OCH3 is 1. The minimum absolute atomic E-state index is 0.109. The summed E-state index contributed by atoms with van der Waals surface area (Å²) in [5.41, 5.74) is 0.815. The molecular weight excluding hydrogens is 270 g/mol. The number of hydrogen-bond donors (Lipinski definition) is 1. The highest BCUT2D eigenvalue weighted by Gasteiger charge is 2.45. The summed E-state index contributed by atoms with van der Waals surface area (Å²) in [5.74, 6) is -0.836. The molecule has 114 valence electrons. The lowest BCUT2D eigenvalue weighted by Gasteiger charge is -2.42. The van der Waals surface area contributed by atoms with Crippen molar-refractivity contribution in [3.05, 3.63) is 35.4 Å². The fourth-order valence-electron chi connectivity index (χ4n) is 2.80. The number of carboxylic acids is 1. The predicted octanol–water partition coefficient (Wildman–Crippen LogP) is 2.16. The van der Waals surface area contributed by atoms with Crippen molar-refractivity contribution in [3.8, 4) is 0 Å². The number of nitrogens with zero attached hydrogens (tertiary/aromatic N) is 1. The maximum absolute atomic E-state index is 12.6. The van der Waals surface area contributed by atoms with E-state index in [1.54, 1.807) is 43.3 Å². The summed E-state index contributed by atoms with van der Waals surface area (Å²) in [7, 11) is 3.40. The normalized spacial score (nSPS) is 16.1. The van der Waals surface area contributed by atoms with Crippen LogP contribution in [-0.2, 0) is 16.1 Å². The van der Waals surface area contributed by atoms with Crippen molar-refractivity contribution in [2.45, 2.75) is 25.8 Å². The fourth-order valence-corrected chi connectivity index (χ4v) is 2.80. The molecular formula is C16H21NO4. The third-order valence-corrected chi connectivity index (χ3v) is 4.15. The summed E-state index contributed by atoms with van der Waals surface area (Å²) >= 11 is 0. The molecule has 2 rings (SSSR count). The third-order valence-electron chi connectivity index (χ3n) is 4.15. The van der Waals surface area contributed by atoms with E-state index in [2.05, 4.69) is 0 Å². The second kappa shape index (κ2) is 6.26. The molecule has 0 radical (unpaired) electrons. The number of aromatic carboxylic acids is 1. The second-order valence-electron chi connectivity index (χ2n) is 5.73. The Morgan fingerprint density at radius 2 is 1.90 bits per heavy atom. The van der Waals surface area contributed by atoms with Gasteiger partial charge in [-0.3, -0.25) is 4.79 Å². The number of ether oxygens (including phenoxy) is 1. The quantitative estimate of drug-likeness (QED) is 0.872. The zero-order valence-electron chi connectivity index (χ0n) is 12.5. The van der Waals surface area contributed by atoms with Crippen LogP contribution in [0.3, 0.4) is 0 Å². The zero-order valence-corrected chi connectivity index (χ0v) is 12.5. The first-order valence-corrected chi connectivity index (χ1v) is 7.05. The molecule has 0 aliphatic heterocycles. The standard InChI is InChI=1S/C16H21NO4/c1-17(15(20)16(11-21-2)8-3-9-16)10-12-4-6-13(7-5-12)14(18)19/h4-7H,3,8-11H2,1-2H3,(H,18,19). The Balaban J connectivity index is 2.01. The van der Waals surface area contributed by atoms with E-state index in [-0.39, 0.29) is 16.9 Å².